The van der Waals surface area contributed by atoms with Crippen molar-refractivity contribution >= 4 is 11.8 Å². The lowest BCUT2D eigenvalue weighted by Gasteiger charge is -2.36. The molecule has 4 atom stereocenters. The molecule has 34 heavy (non-hydrogen) atoms. The Kier molecular flexibility index (Phi) is 5.87. The van der Waals surface area contributed by atoms with Crippen molar-refractivity contribution < 1.29 is 28.2 Å². The average Bonchev–Trinajstić information content (AvgIpc) is 3.53. The number of Topliss-reactive ketones (excluding diaryl/α,β-unsaturated/α-hetero) is 1. The summed E-state index contributed by atoms with van der Waals surface area (Å²) in [4.78, 5) is 29.3. The highest BCUT2D eigenvalue weighted by Gasteiger charge is 2.58. The minimum Gasteiger partial charge on any atom is -0.493 e. The lowest BCUT2D eigenvalue weighted by atomic mass is 9.77. The molecule has 2 aliphatic rings. The molecule has 7 heteroatoms. The molecular weight excluding hydrogens is 434 g/mol. The van der Waals surface area contributed by atoms with E-state index in [1.807, 2.05) is 48.5 Å². The first-order valence-electron chi connectivity index (χ1n) is 11.3. The van der Waals surface area contributed by atoms with Gasteiger partial charge < -0.3 is 18.6 Å². The van der Waals surface area contributed by atoms with E-state index in [9.17, 15) is 9.59 Å². The molecule has 1 saturated heterocycles. The van der Waals surface area contributed by atoms with Crippen LogP contribution in [-0.2, 0) is 16.0 Å². The van der Waals surface area contributed by atoms with Crippen molar-refractivity contribution in [1.82, 2.24) is 4.90 Å². The number of hydrogen-bond donors (Lipinski definition) is 0. The Labute approximate surface area is 198 Å². The standard InChI is InChI=1S/C27H27NO6/c1-31-20-14-17-11-12-28-24(18(17)15-21(20)32-2)23(26(29)16-8-5-4-6-9-16)22(19-10-7-13-34-19)25(28)27(30)33-3/h4-10,13-15,22-25H,11-12H2,1-3H3/t22-,23-,24+,25+/m1/s1. The predicted molar refractivity (Wildman–Crippen MR) is 124 cm³/mol. The van der Waals surface area contributed by atoms with E-state index in [1.165, 1.54) is 7.11 Å². The van der Waals surface area contributed by atoms with Gasteiger partial charge in [-0.25, -0.2) is 0 Å². The Balaban J connectivity index is 1.72. The number of hydrogen-bond acceptors (Lipinski definition) is 7. The Morgan fingerprint density at radius 3 is 2.35 bits per heavy atom. The first kappa shape index (κ1) is 22.2. The van der Waals surface area contributed by atoms with Gasteiger partial charge in [-0.3, -0.25) is 14.5 Å². The largest absolute Gasteiger partial charge is 0.493 e. The third-order valence-electron chi connectivity index (χ3n) is 7.06. The second-order valence-electron chi connectivity index (χ2n) is 8.60. The summed E-state index contributed by atoms with van der Waals surface area (Å²) in [7, 11) is 4.58. The number of rotatable bonds is 6. The number of carbonyl (C=O) groups excluding carboxylic acids is 2. The summed E-state index contributed by atoms with van der Waals surface area (Å²) >= 11 is 0. The van der Waals surface area contributed by atoms with Crippen molar-refractivity contribution in [2.75, 3.05) is 27.9 Å². The van der Waals surface area contributed by atoms with Crippen molar-refractivity contribution in [3.8, 4) is 11.5 Å². The highest BCUT2D eigenvalue weighted by molar-refractivity contribution is 6.00. The van der Waals surface area contributed by atoms with Gasteiger partial charge in [0.2, 0.25) is 0 Å². The topological polar surface area (TPSA) is 78.2 Å². The number of furan rings is 1. The summed E-state index contributed by atoms with van der Waals surface area (Å²) in [5.41, 5.74) is 2.64. The lowest BCUT2D eigenvalue weighted by Crippen LogP contribution is -2.43. The summed E-state index contributed by atoms with van der Waals surface area (Å²) < 4.78 is 22.1. The smallest absolute Gasteiger partial charge is 0.323 e. The number of benzene rings is 2. The predicted octanol–water partition coefficient (Wildman–Crippen LogP) is 4.03. The van der Waals surface area contributed by atoms with Crippen LogP contribution in [0.15, 0.2) is 65.3 Å². The zero-order valence-corrected chi connectivity index (χ0v) is 19.4. The van der Waals surface area contributed by atoms with E-state index in [0.29, 0.717) is 35.8 Å². The molecule has 0 spiro atoms. The average molecular weight is 462 g/mol. The van der Waals surface area contributed by atoms with Gasteiger partial charge in [-0.2, -0.15) is 0 Å². The van der Waals surface area contributed by atoms with Gasteiger partial charge in [0.05, 0.1) is 39.4 Å². The Hall–Kier alpha value is -3.58. The van der Waals surface area contributed by atoms with Crippen molar-refractivity contribution in [2.45, 2.75) is 24.4 Å². The highest BCUT2D eigenvalue weighted by atomic mass is 16.5. The van der Waals surface area contributed by atoms with Gasteiger partial charge in [-0.15, -0.1) is 0 Å². The van der Waals surface area contributed by atoms with Gasteiger partial charge in [0.25, 0.3) is 0 Å². The van der Waals surface area contributed by atoms with Crippen LogP contribution < -0.4 is 9.47 Å². The van der Waals surface area contributed by atoms with Crippen LogP contribution in [0.1, 0.15) is 39.2 Å². The zero-order chi connectivity index (χ0) is 23.8. The van der Waals surface area contributed by atoms with E-state index in [2.05, 4.69) is 4.90 Å². The van der Waals surface area contributed by atoms with E-state index in [-0.39, 0.29) is 17.8 Å². The SMILES string of the molecule is COC(=O)[C@@H]1[C@H](c2ccco2)[C@@H](C(=O)c2ccccc2)[C@@H]2c3cc(OC)c(OC)cc3CCN12. The van der Waals surface area contributed by atoms with Gasteiger partial charge in [0.15, 0.2) is 17.3 Å². The number of fused-ring (bicyclic) bond motifs is 3. The summed E-state index contributed by atoms with van der Waals surface area (Å²) in [5.74, 6) is 0.357. The van der Waals surface area contributed by atoms with Crippen molar-refractivity contribution in [3.05, 3.63) is 83.3 Å². The summed E-state index contributed by atoms with van der Waals surface area (Å²) in [6, 6.07) is 15.7. The maximum absolute atomic E-state index is 14.1. The second kappa shape index (κ2) is 8.99. The van der Waals surface area contributed by atoms with Crippen LogP contribution in [0.5, 0.6) is 11.5 Å². The fraction of sp³-hybridized carbons (Fsp3) is 0.333. The number of esters is 1. The van der Waals surface area contributed by atoms with Crippen molar-refractivity contribution in [1.29, 1.82) is 0 Å². The molecule has 0 bridgehead atoms. The molecule has 3 aromatic rings. The maximum atomic E-state index is 14.1. The minimum atomic E-state index is -0.653. The molecule has 0 N–H and O–H groups in total. The summed E-state index contributed by atoms with van der Waals surface area (Å²) in [5, 5.41) is 0. The molecule has 0 amide bonds. The third kappa shape index (κ3) is 3.47. The van der Waals surface area contributed by atoms with Crippen molar-refractivity contribution in [2.24, 2.45) is 5.92 Å². The quantitative estimate of drug-likeness (QED) is 0.405. The number of ether oxygens (including phenoxy) is 3. The zero-order valence-electron chi connectivity index (χ0n) is 19.4. The fourth-order valence-electron chi connectivity index (χ4n) is 5.62. The summed E-state index contributed by atoms with van der Waals surface area (Å²) in [6.07, 6.45) is 2.28. The molecule has 0 aliphatic carbocycles. The molecule has 176 valence electrons. The Morgan fingerprint density at radius 2 is 1.71 bits per heavy atom. The number of ketones is 1. The third-order valence-corrected chi connectivity index (χ3v) is 7.06. The van der Waals surface area contributed by atoms with Gasteiger partial charge in [0, 0.05) is 18.2 Å². The van der Waals surface area contributed by atoms with E-state index in [4.69, 9.17) is 18.6 Å². The first-order valence-corrected chi connectivity index (χ1v) is 11.3. The van der Waals surface area contributed by atoms with Crippen LogP contribution in [0.25, 0.3) is 0 Å². The van der Waals surface area contributed by atoms with Gasteiger partial charge in [-0.05, 0) is 41.8 Å². The molecule has 2 aliphatic heterocycles. The number of methoxy groups -OCH3 is 3. The van der Waals surface area contributed by atoms with E-state index in [1.54, 1.807) is 26.5 Å². The molecule has 7 nitrogen and oxygen atoms in total. The Bertz CT molecular complexity index is 1190. The molecule has 3 heterocycles. The monoisotopic (exact) mass is 461 g/mol. The lowest BCUT2D eigenvalue weighted by molar-refractivity contribution is -0.147. The van der Waals surface area contributed by atoms with E-state index < -0.39 is 17.9 Å². The van der Waals surface area contributed by atoms with Gasteiger partial charge in [-0.1, -0.05) is 30.3 Å². The number of nitrogens with zero attached hydrogens (tertiary/aromatic N) is 1. The van der Waals surface area contributed by atoms with Crippen molar-refractivity contribution in [3.63, 3.8) is 0 Å². The molecular formula is C27H27NO6. The fourth-order valence-corrected chi connectivity index (χ4v) is 5.62. The van der Waals surface area contributed by atoms with Crippen LogP contribution in [0.3, 0.4) is 0 Å². The highest BCUT2D eigenvalue weighted by Crippen LogP contribution is 2.54. The van der Waals surface area contributed by atoms with Crippen LogP contribution in [0, 0.1) is 5.92 Å². The van der Waals surface area contributed by atoms with Crippen LogP contribution in [0.2, 0.25) is 0 Å². The van der Waals surface area contributed by atoms with Gasteiger partial charge >= 0.3 is 5.97 Å². The van der Waals surface area contributed by atoms with Crippen LogP contribution in [-0.4, -0.2) is 50.6 Å². The van der Waals surface area contributed by atoms with Crippen LogP contribution in [0.4, 0.5) is 0 Å². The Morgan fingerprint density at radius 1 is 0.971 bits per heavy atom. The molecule has 5 rings (SSSR count). The molecule has 1 fully saturated rings. The van der Waals surface area contributed by atoms with E-state index in [0.717, 1.165) is 11.1 Å². The molecule has 0 saturated carbocycles. The minimum absolute atomic E-state index is 0.0361. The second-order valence-corrected chi connectivity index (χ2v) is 8.60. The molecule has 1 aromatic heterocycles. The van der Waals surface area contributed by atoms with Gasteiger partial charge in [0.1, 0.15) is 11.8 Å². The summed E-state index contributed by atoms with van der Waals surface area (Å²) in [6.45, 7) is 0.600. The first-order chi connectivity index (χ1) is 16.6. The maximum Gasteiger partial charge on any atom is 0.323 e. The molecule has 2 aromatic carbocycles. The number of carbonyl (C=O) groups is 2. The molecule has 0 unspecified atom stereocenters. The van der Waals surface area contributed by atoms with Crippen LogP contribution >= 0.6 is 0 Å². The van der Waals surface area contributed by atoms with E-state index >= 15 is 0 Å². The normalized spacial score (nSPS) is 23.6. The molecule has 0 radical (unpaired) electrons.